The highest BCUT2D eigenvalue weighted by molar-refractivity contribution is 9.10. The first-order valence-electron chi connectivity index (χ1n) is 7.39. The molecule has 1 saturated carbocycles. The topological polar surface area (TPSA) is 69.6 Å². The summed E-state index contributed by atoms with van der Waals surface area (Å²) in [5.41, 5.74) is 7.57. The minimum absolute atomic E-state index is 0.361. The van der Waals surface area contributed by atoms with Crippen LogP contribution in [0.25, 0.3) is 11.4 Å². The molecular formula is C15H20BrN5. The number of aromatic nitrogens is 4. The van der Waals surface area contributed by atoms with E-state index in [1.807, 2.05) is 22.9 Å². The summed E-state index contributed by atoms with van der Waals surface area (Å²) in [6.45, 7) is 4.61. The zero-order valence-corrected chi connectivity index (χ0v) is 13.9. The SMILES string of the molecule is CC1CCC(n2nnnc2-c2cc(N)ccc2Br)C(C)C1. The Morgan fingerprint density at radius 1 is 1.29 bits per heavy atom. The van der Waals surface area contributed by atoms with Crippen LogP contribution < -0.4 is 5.73 Å². The molecule has 1 aliphatic carbocycles. The number of benzene rings is 1. The van der Waals surface area contributed by atoms with Crippen molar-refractivity contribution in [3.05, 3.63) is 22.7 Å². The summed E-state index contributed by atoms with van der Waals surface area (Å²) in [6, 6.07) is 6.09. The maximum atomic E-state index is 5.91. The normalized spacial score (nSPS) is 26.0. The van der Waals surface area contributed by atoms with Gasteiger partial charge in [-0.25, -0.2) is 4.68 Å². The summed E-state index contributed by atoms with van der Waals surface area (Å²) < 4.78 is 2.94. The third kappa shape index (κ3) is 2.81. The van der Waals surface area contributed by atoms with E-state index in [1.165, 1.54) is 12.8 Å². The molecule has 0 saturated heterocycles. The van der Waals surface area contributed by atoms with Gasteiger partial charge in [0.25, 0.3) is 0 Å². The van der Waals surface area contributed by atoms with Crippen LogP contribution in [0.15, 0.2) is 22.7 Å². The fraction of sp³-hybridized carbons (Fsp3) is 0.533. The fourth-order valence-corrected chi connectivity index (χ4v) is 3.75. The number of anilines is 1. The molecule has 0 bridgehead atoms. The molecule has 3 atom stereocenters. The Labute approximate surface area is 133 Å². The molecular weight excluding hydrogens is 330 g/mol. The lowest BCUT2D eigenvalue weighted by Crippen LogP contribution is -2.26. The Hall–Kier alpha value is -1.43. The van der Waals surface area contributed by atoms with E-state index in [0.29, 0.717) is 17.6 Å². The molecule has 6 heteroatoms. The van der Waals surface area contributed by atoms with Gasteiger partial charge in [0, 0.05) is 15.7 Å². The van der Waals surface area contributed by atoms with Crippen LogP contribution in [0.1, 0.15) is 39.2 Å². The fourth-order valence-electron chi connectivity index (χ4n) is 3.32. The first kappa shape index (κ1) is 14.5. The Kier molecular flexibility index (Phi) is 3.97. The molecule has 1 heterocycles. The highest BCUT2D eigenvalue weighted by atomic mass is 79.9. The molecule has 0 radical (unpaired) electrons. The van der Waals surface area contributed by atoms with Crippen molar-refractivity contribution in [2.45, 2.75) is 39.2 Å². The second kappa shape index (κ2) is 5.75. The van der Waals surface area contributed by atoms with Gasteiger partial charge in [-0.05, 0) is 59.7 Å². The average molecular weight is 350 g/mol. The number of nitrogen functional groups attached to an aromatic ring is 1. The Morgan fingerprint density at radius 2 is 2.10 bits per heavy atom. The van der Waals surface area contributed by atoms with Crippen molar-refractivity contribution in [3.8, 4) is 11.4 Å². The molecule has 5 nitrogen and oxygen atoms in total. The summed E-state index contributed by atoms with van der Waals surface area (Å²) in [5, 5.41) is 12.4. The molecule has 112 valence electrons. The Balaban J connectivity index is 1.99. The first-order valence-corrected chi connectivity index (χ1v) is 8.19. The predicted molar refractivity (Wildman–Crippen MR) is 86.6 cm³/mol. The molecule has 0 aliphatic heterocycles. The molecule has 1 aromatic heterocycles. The van der Waals surface area contributed by atoms with Gasteiger partial charge in [-0.3, -0.25) is 0 Å². The predicted octanol–water partition coefficient (Wildman–Crippen LogP) is 3.68. The molecule has 0 spiro atoms. The van der Waals surface area contributed by atoms with E-state index in [2.05, 4.69) is 45.3 Å². The Morgan fingerprint density at radius 3 is 2.86 bits per heavy atom. The van der Waals surface area contributed by atoms with Crippen LogP contribution in [0.2, 0.25) is 0 Å². The largest absolute Gasteiger partial charge is 0.399 e. The third-order valence-electron chi connectivity index (χ3n) is 4.42. The van der Waals surface area contributed by atoms with Crippen LogP contribution in [-0.2, 0) is 0 Å². The van der Waals surface area contributed by atoms with Crippen LogP contribution in [0.3, 0.4) is 0 Å². The van der Waals surface area contributed by atoms with Crippen molar-refractivity contribution < 1.29 is 0 Å². The Bertz CT molecular complexity index is 639. The van der Waals surface area contributed by atoms with Gasteiger partial charge in [-0.15, -0.1) is 5.10 Å². The van der Waals surface area contributed by atoms with Gasteiger partial charge in [0.05, 0.1) is 6.04 Å². The zero-order valence-electron chi connectivity index (χ0n) is 12.3. The molecule has 2 aromatic rings. The number of hydrogen-bond donors (Lipinski definition) is 1. The van der Waals surface area contributed by atoms with Crippen molar-refractivity contribution in [3.63, 3.8) is 0 Å². The van der Waals surface area contributed by atoms with E-state index in [1.54, 1.807) is 0 Å². The van der Waals surface area contributed by atoms with Crippen LogP contribution in [0.5, 0.6) is 0 Å². The number of rotatable bonds is 2. The molecule has 0 amide bonds. The van der Waals surface area contributed by atoms with E-state index in [-0.39, 0.29) is 0 Å². The second-order valence-corrected chi connectivity index (χ2v) is 7.00. The maximum Gasteiger partial charge on any atom is 0.183 e. The van der Waals surface area contributed by atoms with E-state index in [4.69, 9.17) is 5.73 Å². The monoisotopic (exact) mass is 349 g/mol. The summed E-state index contributed by atoms with van der Waals surface area (Å²) in [7, 11) is 0. The van der Waals surface area contributed by atoms with Crippen LogP contribution in [0, 0.1) is 11.8 Å². The quantitative estimate of drug-likeness (QED) is 0.839. The van der Waals surface area contributed by atoms with E-state index >= 15 is 0 Å². The summed E-state index contributed by atoms with van der Waals surface area (Å²) in [5.74, 6) is 2.16. The van der Waals surface area contributed by atoms with Crippen LogP contribution >= 0.6 is 15.9 Å². The minimum atomic E-state index is 0.361. The number of nitrogens with zero attached hydrogens (tertiary/aromatic N) is 4. The molecule has 1 fully saturated rings. The molecule has 21 heavy (non-hydrogen) atoms. The molecule has 2 N–H and O–H groups in total. The van der Waals surface area contributed by atoms with Gasteiger partial charge in [0.2, 0.25) is 0 Å². The number of tetrazole rings is 1. The third-order valence-corrected chi connectivity index (χ3v) is 5.12. The van der Waals surface area contributed by atoms with Crippen molar-refractivity contribution in [1.29, 1.82) is 0 Å². The highest BCUT2D eigenvalue weighted by Gasteiger charge is 2.30. The number of nitrogens with two attached hydrogens (primary N) is 1. The second-order valence-electron chi connectivity index (χ2n) is 6.15. The molecule has 3 rings (SSSR count). The van der Waals surface area contributed by atoms with E-state index < -0.39 is 0 Å². The lowest BCUT2D eigenvalue weighted by Gasteiger charge is -2.32. The summed E-state index contributed by atoms with van der Waals surface area (Å²) in [4.78, 5) is 0. The highest BCUT2D eigenvalue weighted by Crippen LogP contribution is 2.39. The number of halogens is 1. The number of hydrogen-bond acceptors (Lipinski definition) is 4. The lowest BCUT2D eigenvalue weighted by atomic mass is 9.80. The standard InChI is InChI=1S/C15H20BrN5/c1-9-3-6-14(10(2)7-9)21-15(18-19-20-21)12-8-11(17)4-5-13(12)16/h4-5,8-10,14H,3,6-7,17H2,1-2H3. The van der Waals surface area contributed by atoms with Gasteiger partial charge in [0.1, 0.15) is 0 Å². The van der Waals surface area contributed by atoms with Crippen molar-refractivity contribution in [1.82, 2.24) is 20.2 Å². The first-order chi connectivity index (χ1) is 10.1. The molecule has 1 aliphatic rings. The van der Waals surface area contributed by atoms with E-state index in [0.717, 1.165) is 28.2 Å². The smallest absolute Gasteiger partial charge is 0.183 e. The van der Waals surface area contributed by atoms with Crippen molar-refractivity contribution >= 4 is 21.6 Å². The lowest BCUT2D eigenvalue weighted by molar-refractivity contribution is 0.194. The summed E-state index contributed by atoms with van der Waals surface area (Å²) >= 11 is 3.57. The van der Waals surface area contributed by atoms with Crippen LogP contribution in [-0.4, -0.2) is 20.2 Å². The zero-order chi connectivity index (χ0) is 15.0. The average Bonchev–Trinajstić information content (AvgIpc) is 2.90. The molecule has 3 unspecified atom stereocenters. The van der Waals surface area contributed by atoms with Crippen molar-refractivity contribution in [2.24, 2.45) is 11.8 Å². The van der Waals surface area contributed by atoms with Crippen molar-refractivity contribution in [2.75, 3.05) is 5.73 Å². The van der Waals surface area contributed by atoms with Crippen LogP contribution in [0.4, 0.5) is 5.69 Å². The van der Waals surface area contributed by atoms with Gasteiger partial charge in [-0.1, -0.05) is 29.8 Å². The summed E-state index contributed by atoms with van der Waals surface area (Å²) in [6.07, 6.45) is 3.58. The van der Waals surface area contributed by atoms with Gasteiger partial charge in [-0.2, -0.15) is 0 Å². The maximum absolute atomic E-state index is 5.91. The molecule has 1 aromatic carbocycles. The minimum Gasteiger partial charge on any atom is -0.399 e. The van der Waals surface area contributed by atoms with Gasteiger partial charge < -0.3 is 5.73 Å². The van der Waals surface area contributed by atoms with Gasteiger partial charge in [0.15, 0.2) is 5.82 Å². The van der Waals surface area contributed by atoms with Gasteiger partial charge >= 0.3 is 0 Å². The van der Waals surface area contributed by atoms with E-state index in [9.17, 15) is 0 Å².